The van der Waals surface area contributed by atoms with Gasteiger partial charge < -0.3 is 14.8 Å². The standard InChI is InChI=1S/C18H16ClF2NO5S/c1-10(17(25)22-11-4-2-3-5-13(11)27-18(20)21)26-16(24)9-6-12(23)14-7-8-15(19)28-14/h2-5,7-8,10,18H,6,9H2,1H3,(H,22,25). The number of halogens is 3. The lowest BCUT2D eigenvalue weighted by Crippen LogP contribution is -2.30. The van der Waals surface area contributed by atoms with Gasteiger partial charge in [0.25, 0.3) is 5.91 Å². The molecule has 0 aliphatic heterocycles. The predicted octanol–water partition coefficient (Wildman–Crippen LogP) is 4.54. The second-order valence-electron chi connectivity index (χ2n) is 5.52. The van der Waals surface area contributed by atoms with Crippen LogP contribution >= 0.6 is 22.9 Å². The third-order valence-electron chi connectivity index (χ3n) is 3.44. The van der Waals surface area contributed by atoms with Gasteiger partial charge in [0.15, 0.2) is 11.9 Å². The van der Waals surface area contributed by atoms with Crippen LogP contribution in [0.15, 0.2) is 36.4 Å². The largest absolute Gasteiger partial charge is 0.453 e. The van der Waals surface area contributed by atoms with Crippen molar-refractivity contribution in [1.82, 2.24) is 0 Å². The van der Waals surface area contributed by atoms with E-state index >= 15 is 0 Å². The van der Waals surface area contributed by atoms with E-state index < -0.39 is 24.6 Å². The van der Waals surface area contributed by atoms with Crippen LogP contribution in [0.5, 0.6) is 5.75 Å². The van der Waals surface area contributed by atoms with E-state index in [1.165, 1.54) is 31.2 Å². The van der Waals surface area contributed by atoms with Crippen molar-refractivity contribution in [2.24, 2.45) is 0 Å². The summed E-state index contributed by atoms with van der Waals surface area (Å²) in [4.78, 5) is 36.4. The number of ether oxygens (including phenoxy) is 2. The number of benzene rings is 1. The number of thiophene rings is 1. The molecule has 2 rings (SSSR count). The van der Waals surface area contributed by atoms with Crippen LogP contribution < -0.4 is 10.1 Å². The van der Waals surface area contributed by atoms with Crippen LogP contribution in [0.1, 0.15) is 29.4 Å². The SMILES string of the molecule is CC(OC(=O)CCC(=O)c1ccc(Cl)s1)C(=O)Nc1ccccc1OC(F)F. The van der Waals surface area contributed by atoms with Gasteiger partial charge in [-0.1, -0.05) is 23.7 Å². The maximum atomic E-state index is 12.4. The van der Waals surface area contributed by atoms with Crippen molar-refractivity contribution in [3.8, 4) is 5.75 Å². The monoisotopic (exact) mass is 431 g/mol. The molecule has 0 aliphatic rings. The molecule has 0 bridgehead atoms. The zero-order valence-electron chi connectivity index (χ0n) is 14.6. The van der Waals surface area contributed by atoms with Crippen molar-refractivity contribution < 1.29 is 32.6 Å². The minimum atomic E-state index is -3.05. The number of ketones is 1. The van der Waals surface area contributed by atoms with E-state index in [0.717, 1.165) is 11.3 Å². The summed E-state index contributed by atoms with van der Waals surface area (Å²) < 4.78 is 34.6. The molecule has 28 heavy (non-hydrogen) atoms. The molecule has 0 spiro atoms. The number of rotatable bonds is 9. The lowest BCUT2D eigenvalue weighted by molar-refractivity contribution is -0.153. The molecular weight excluding hydrogens is 416 g/mol. The van der Waals surface area contributed by atoms with E-state index in [1.54, 1.807) is 12.1 Å². The van der Waals surface area contributed by atoms with Crippen LogP contribution in [0, 0.1) is 0 Å². The lowest BCUT2D eigenvalue weighted by Gasteiger charge is -2.15. The van der Waals surface area contributed by atoms with Crippen molar-refractivity contribution >= 4 is 46.3 Å². The van der Waals surface area contributed by atoms with E-state index in [9.17, 15) is 23.2 Å². The number of carbonyl (C=O) groups excluding carboxylic acids is 3. The van der Waals surface area contributed by atoms with E-state index in [2.05, 4.69) is 10.1 Å². The van der Waals surface area contributed by atoms with Gasteiger partial charge in [-0.2, -0.15) is 8.78 Å². The van der Waals surface area contributed by atoms with Gasteiger partial charge in [-0.05, 0) is 31.2 Å². The van der Waals surface area contributed by atoms with Gasteiger partial charge in [0.2, 0.25) is 0 Å². The Morgan fingerprint density at radius 3 is 2.50 bits per heavy atom. The second-order valence-corrected chi connectivity index (χ2v) is 7.24. The Morgan fingerprint density at radius 1 is 1.14 bits per heavy atom. The Balaban J connectivity index is 1.85. The summed E-state index contributed by atoms with van der Waals surface area (Å²) in [7, 11) is 0. The molecule has 0 saturated heterocycles. The summed E-state index contributed by atoms with van der Waals surface area (Å²) in [5.74, 6) is -1.94. The van der Waals surface area contributed by atoms with Crippen molar-refractivity contribution in [2.75, 3.05) is 5.32 Å². The maximum Gasteiger partial charge on any atom is 0.387 e. The lowest BCUT2D eigenvalue weighted by atomic mass is 10.2. The van der Waals surface area contributed by atoms with E-state index in [0.29, 0.717) is 9.21 Å². The molecule has 1 N–H and O–H groups in total. The van der Waals surface area contributed by atoms with Gasteiger partial charge in [-0.3, -0.25) is 14.4 Å². The fraction of sp³-hybridized carbons (Fsp3) is 0.278. The molecule has 1 aromatic heterocycles. The first-order valence-electron chi connectivity index (χ1n) is 8.09. The molecule has 150 valence electrons. The third kappa shape index (κ3) is 6.58. The molecule has 6 nitrogen and oxygen atoms in total. The van der Waals surface area contributed by atoms with Crippen molar-refractivity contribution in [3.05, 3.63) is 45.6 Å². The fourth-order valence-electron chi connectivity index (χ4n) is 2.12. The minimum absolute atomic E-state index is 0.0143. The number of anilines is 1. The molecular formula is C18H16ClF2NO5S. The van der Waals surface area contributed by atoms with Gasteiger partial charge in [0.05, 0.1) is 21.3 Å². The average molecular weight is 432 g/mol. The van der Waals surface area contributed by atoms with Crippen molar-refractivity contribution in [2.45, 2.75) is 32.5 Å². The van der Waals surface area contributed by atoms with Crippen LogP contribution in [0.2, 0.25) is 4.34 Å². The number of alkyl halides is 2. The van der Waals surface area contributed by atoms with Gasteiger partial charge in [0.1, 0.15) is 5.75 Å². The number of hydrogen-bond acceptors (Lipinski definition) is 6. The Morgan fingerprint density at radius 2 is 1.86 bits per heavy atom. The highest BCUT2D eigenvalue weighted by Gasteiger charge is 2.21. The first-order chi connectivity index (χ1) is 13.3. The predicted molar refractivity (Wildman–Crippen MR) is 100 cm³/mol. The highest BCUT2D eigenvalue weighted by molar-refractivity contribution is 7.18. The van der Waals surface area contributed by atoms with Gasteiger partial charge >= 0.3 is 12.6 Å². The Kier molecular flexibility index (Phi) is 7.89. The number of carbonyl (C=O) groups is 3. The summed E-state index contributed by atoms with van der Waals surface area (Å²) in [6.45, 7) is -1.73. The molecule has 1 aromatic carbocycles. The minimum Gasteiger partial charge on any atom is -0.453 e. The zero-order chi connectivity index (χ0) is 20.7. The fourth-order valence-corrected chi connectivity index (χ4v) is 3.13. The molecule has 0 fully saturated rings. The summed E-state index contributed by atoms with van der Waals surface area (Å²) in [5.41, 5.74) is 0.0143. The highest BCUT2D eigenvalue weighted by atomic mass is 35.5. The quantitative estimate of drug-likeness (QED) is 0.465. The first-order valence-corrected chi connectivity index (χ1v) is 9.28. The van der Waals surface area contributed by atoms with Crippen LogP contribution in [-0.4, -0.2) is 30.4 Å². The summed E-state index contributed by atoms with van der Waals surface area (Å²) >= 11 is 6.86. The highest BCUT2D eigenvalue weighted by Crippen LogP contribution is 2.26. The van der Waals surface area contributed by atoms with Crippen molar-refractivity contribution in [1.29, 1.82) is 0 Å². The van der Waals surface area contributed by atoms with Crippen LogP contribution in [0.25, 0.3) is 0 Å². The third-order valence-corrected chi connectivity index (χ3v) is 4.71. The maximum absolute atomic E-state index is 12.4. The van der Waals surface area contributed by atoms with Crippen LogP contribution in [-0.2, 0) is 14.3 Å². The molecule has 0 saturated carbocycles. The molecule has 1 unspecified atom stereocenters. The van der Waals surface area contributed by atoms with Crippen LogP contribution in [0.4, 0.5) is 14.5 Å². The summed E-state index contributed by atoms with van der Waals surface area (Å²) in [5, 5.41) is 2.36. The number of nitrogens with one attached hydrogen (secondary N) is 1. The Labute approximate surface area is 168 Å². The van der Waals surface area contributed by atoms with Crippen molar-refractivity contribution in [3.63, 3.8) is 0 Å². The first kappa shape index (κ1) is 21.8. The number of esters is 1. The number of hydrogen-bond donors (Lipinski definition) is 1. The van der Waals surface area contributed by atoms with Crippen LogP contribution in [0.3, 0.4) is 0 Å². The molecule has 1 heterocycles. The molecule has 1 amide bonds. The van der Waals surface area contributed by atoms with Gasteiger partial charge in [0, 0.05) is 6.42 Å². The van der Waals surface area contributed by atoms with E-state index in [1.807, 2.05) is 0 Å². The Bertz CT molecular complexity index is 858. The summed E-state index contributed by atoms with van der Waals surface area (Å²) in [6.07, 6.45) is -1.50. The average Bonchev–Trinajstić information content (AvgIpc) is 3.07. The second kappa shape index (κ2) is 10.1. The molecule has 10 heteroatoms. The zero-order valence-corrected chi connectivity index (χ0v) is 16.2. The molecule has 0 aliphatic carbocycles. The molecule has 2 aromatic rings. The topological polar surface area (TPSA) is 81.7 Å². The Hall–Kier alpha value is -2.52. The number of Topliss-reactive ketones (excluding diaryl/α,β-unsaturated/α-hetero) is 1. The molecule has 0 radical (unpaired) electrons. The van der Waals surface area contributed by atoms with E-state index in [-0.39, 0.29) is 30.1 Å². The number of amides is 1. The van der Waals surface area contributed by atoms with Gasteiger partial charge in [-0.25, -0.2) is 0 Å². The van der Waals surface area contributed by atoms with E-state index in [4.69, 9.17) is 16.3 Å². The smallest absolute Gasteiger partial charge is 0.387 e. The normalized spacial score (nSPS) is 11.8. The van der Waals surface area contributed by atoms with Gasteiger partial charge in [-0.15, -0.1) is 11.3 Å². The molecule has 1 atom stereocenters. The number of para-hydroxylation sites is 2. The summed E-state index contributed by atoms with van der Waals surface area (Å²) in [6, 6.07) is 8.77.